The standard InChI is InChI=1S/C27H40/c1-21(2)12-11-13-23(5)16-18-27(22(3)4)19-17-24(6)25(7)20-26-14-9-8-10-15-26/h8-10,12,14-16H,11,13,17-20H2,1-7H3/b23-16+,25-24+. The topological polar surface area (TPSA) is 0 Å². The highest BCUT2D eigenvalue weighted by Crippen LogP contribution is 2.23. The van der Waals surface area contributed by atoms with Gasteiger partial charge < -0.3 is 0 Å². The molecule has 0 amide bonds. The third-order valence-electron chi connectivity index (χ3n) is 5.34. The van der Waals surface area contributed by atoms with E-state index in [1.54, 1.807) is 11.1 Å². The first-order chi connectivity index (χ1) is 12.8. The maximum Gasteiger partial charge on any atom is -0.00673 e. The number of rotatable bonds is 10. The summed E-state index contributed by atoms with van der Waals surface area (Å²) >= 11 is 0. The number of allylic oxidation sites excluding steroid dienone is 8. The predicted molar refractivity (Wildman–Crippen MR) is 123 cm³/mol. The van der Waals surface area contributed by atoms with Crippen molar-refractivity contribution >= 4 is 0 Å². The Hall–Kier alpha value is -1.82. The van der Waals surface area contributed by atoms with Crippen molar-refractivity contribution in [3.63, 3.8) is 0 Å². The summed E-state index contributed by atoms with van der Waals surface area (Å²) in [6.45, 7) is 15.7. The molecule has 0 aromatic heterocycles. The lowest BCUT2D eigenvalue weighted by molar-refractivity contribution is 0.854. The SMILES string of the molecule is CC(C)=CCC/C(C)=C/CC(CC/C(C)=C(\C)Cc1ccccc1)=C(C)C. The summed E-state index contributed by atoms with van der Waals surface area (Å²) in [6.07, 6.45) is 11.6. The summed E-state index contributed by atoms with van der Waals surface area (Å²) in [7, 11) is 0. The summed E-state index contributed by atoms with van der Waals surface area (Å²) in [5, 5.41) is 0. The second-order valence-corrected chi connectivity index (χ2v) is 8.40. The fourth-order valence-corrected chi connectivity index (χ4v) is 3.15. The predicted octanol–water partition coefficient (Wildman–Crippen LogP) is 8.76. The molecule has 0 aliphatic heterocycles. The first-order valence-electron chi connectivity index (χ1n) is 10.4. The van der Waals surface area contributed by atoms with Crippen LogP contribution in [0.2, 0.25) is 0 Å². The van der Waals surface area contributed by atoms with Crippen molar-refractivity contribution in [1.29, 1.82) is 0 Å². The molecule has 0 unspecified atom stereocenters. The van der Waals surface area contributed by atoms with Gasteiger partial charge in [0.05, 0.1) is 0 Å². The van der Waals surface area contributed by atoms with Crippen molar-refractivity contribution in [2.24, 2.45) is 0 Å². The van der Waals surface area contributed by atoms with E-state index in [1.165, 1.54) is 47.1 Å². The van der Waals surface area contributed by atoms with Crippen LogP contribution in [0.1, 0.15) is 86.1 Å². The Kier molecular flexibility index (Phi) is 10.8. The molecule has 0 nitrogen and oxygen atoms in total. The Morgan fingerprint density at radius 1 is 0.741 bits per heavy atom. The minimum Gasteiger partial charge on any atom is -0.0856 e. The molecule has 27 heavy (non-hydrogen) atoms. The number of benzene rings is 1. The molecular formula is C27H40. The van der Waals surface area contributed by atoms with Crippen LogP contribution in [0, 0.1) is 0 Å². The molecule has 0 aliphatic carbocycles. The molecule has 0 bridgehead atoms. The summed E-state index contributed by atoms with van der Waals surface area (Å²) in [4.78, 5) is 0. The highest BCUT2D eigenvalue weighted by Gasteiger charge is 2.04. The van der Waals surface area contributed by atoms with Crippen molar-refractivity contribution in [3.05, 3.63) is 81.5 Å². The molecule has 0 saturated heterocycles. The van der Waals surface area contributed by atoms with Gasteiger partial charge in [0, 0.05) is 0 Å². The summed E-state index contributed by atoms with van der Waals surface area (Å²) in [6, 6.07) is 10.8. The molecule has 0 heterocycles. The van der Waals surface area contributed by atoms with E-state index in [4.69, 9.17) is 0 Å². The van der Waals surface area contributed by atoms with Gasteiger partial charge in [-0.2, -0.15) is 0 Å². The van der Waals surface area contributed by atoms with Gasteiger partial charge in [-0.1, -0.05) is 75.9 Å². The Labute approximate surface area is 168 Å². The van der Waals surface area contributed by atoms with Crippen LogP contribution in [0.25, 0.3) is 0 Å². The lowest BCUT2D eigenvalue weighted by Gasteiger charge is -2.12. The molecule has 0 heteroatoms. The van der Waals surface area contributed by atoms with Gasteiger partial charge in [0.2, 0.25) is 0 Å². The molecular weight excluding hydrogens is 324 g/mol. The number of hydrogen-bond donors (Lipinski definition) is 0. The van der Waals surface area contributed by atoms with E-state index >= 15 is 0 Å². The van der Waals surface area contributed by atoms with Gasteiger partial charge in [-0.05, 0) is 92.6 Å². The zero-order valence-electron chi connectivity index (χ0n) is 18.8. The van der Waals surface area contributed by atoms with Crippen LogP contribution in [0.5, 0.6) is 0 Å². The average molecular weight is 365 g/mol. The molecule has 0 fully saturated rings. The van der Waals surface area contributed by atoms with Gasteiger partial charge in [-0.3, -0.25) is 0 Å². The van der Waals surface area contributed by atoms with E-state index in [0.717, 1.165) is 19.3 Å². The third-order valence-corrected chi connectivity index (χ3v) is 5.34. The Balaban J connectivity index is 2.61. The van der Waals surface area contributed by atoms with Crippen LogP contribution < -0.4 is 0 Å². The molecule has 0 aliphatic rings. The molecule has 0 N–H and O–H groups in total. The van der Waals surface area contributed by atoms with Gasteiger partial charge in [-0.25, -0.2) is 0 Å². The zero-order chi connectivity index (χ0) is 20.2. The van der Waals surface area contributed by atoms with Crippen molar-refractivity contribution in [2.75, 3.05) is 0 Å². The van der Waals surface area contributed by atoms with Crippen molar-refractivity contribution in [3.8, 4) is 0 Å². The second-order valence-electron chi connectivity index (χ2n) is 8.40. The Morgan fingerprint density at radius 2 is 1.41 bits per heavy atom. The van der Waals surface area contributed by atoms with Crippen LogP contribution >= 0.6 is 0 Å². The van der Waals surface area contributed by atoms with E-state index in [0.29, 0.717) is 0 Å². The molecule has 1 aromatic carbocycles. The van der Waals surface area contributed by atoms with Gasteiger partial charge >= 0.3 is 0 Å². The molecule has 148 valence electrons. The van der Waals surface area contributed by atoms with E-state index in [1.807, 2.05) is 0 Å². The fraction of sp³-hybridized carbons (Fsp3) is 0.481. The van der Waals surface area contributed by atoms with E-state index in [2.05, 4.69) is 91.0 Å². The van der Waals surface area contributed by atoms with Gasteiger partial charge in [-0.15, -0.1) is 0 Å². The van der Waals surface area contributed by atoms with Gasteiger partial charge in [0.1, 0.15) is 0 Å². The quantitative estimate of drug-likeness (QED) is 0.364. The van der Waals surface area contributed by atoms with Crippen LogP contribution in [0.15, 0.2) is 75.9 Å². The van der Waals surface area contributed by atoms with Crippen LogP contribution in [0.3, 0.4) is 0 Å². The lowest BCUT2D eigenvalue weighted by Crippen LogP contribution is -1.94. The van der Waals surface area contributed by atoms with Crippen LogP contribution in [-0.4, -0.2) is 0 Å². The minimum absolute atomic E-state index is 1.07. The lowest BCUT2D eigenvalue weighted by atomic mass is 9.94. The van der Waals surface area contributed by atoms with Crippen LogP contribution in [-0.2, 0) is 6.42 Å². The highest BCUT2D eigenvalue weighted by atomic mass is 14.1. The summed E-state index contributed by atoms with van der Waals surface area (Å²) in [5.74, 6) is 0. The van der Waals surface area contributed by atoms with Gasteiger partial charge in [0.25, 0.3) is 0 Å². The van der Waals surface area contributed by atoms with Crippen molar-refractivity contribution in [1.82, 2.24) is 0 Å². The van der Waals surface area contributed by atoms with E-state index in [9.17, 15) is 0 Å². The van der Waals surface area contributed by atoms with Gasteiger partial charge in [0.15, 0.2) is 0 Å². The summed E-state index contributed by atoms with van der Waals surface area (Å²) < 4.78 is 0. The number of hydrogen-bond acceptors (Lipinski definition) is 0. The van der Waals surface area contributed by atoms with E-state index in [-0.39, 0.29) is 0 Å². The maximum atomic E-state index is 2.44. The van der Waals surface area contributed by atoms with Crippen molar-refractivity contribution < 1.29 is 0 Å². The van der Waals surface area contributed by atoms with Crippen molar-refractivity contribution in [2.45, 2.75) is 87.0 Å². The second kappa shape index (κ2) is 12.5. The summed E-state index contributed by atoms with van der Waals surface area (Å²) in [5.41, 5.74) is 10.5. The zero-order valence-corrected chi connectivity index (χ0v) is 18.8. The third kappa shape index (κ3) is 10.2. The monoisotopic (exact) mass is 364 g/mol. The van der Waals surface area contributed by atoms with E-state index < -0.39 is 0 Å². The first kappa shape index (κ1) is 23.2. The first-order valence-corrected chi connectivity index (χ1v) is 10.4. The molecule has 0 radical (unpaired) electrons. The smallest absolute Gasteiger partial charge is 0.00673 e. The van der Waals surface area contributed by atoms with Crippen LogP contribution in [0.4, 0.5) is 0 Å². The molecule has 1 aromatic rings. The molecule has 0 saturated carbocycles. The fourth-order valence-electron chi connectivity index (χ4n) is 3.15. The maximum absolute atomic E-state index is 2.44. The average Bonchev–Trinajstić information content (AvgIpc) is 2.61. The molecule has 0 spiro atoms. The minimum atomic E-state index is 1.07. The highest BCUT2D eigenvalue weighted by molar-refractivity contribution is 5.25. The molecule has 1 rings (SSSR count). The largest absolute Gasteiger partial charge is 0.0856 e. The Bertz CT molecular complexity index is 685. The Morgan fingerprint density at radius 3 is 2.00 bits per heavy atom. The normalized spacial score (nSPS) is 12.5. The molecule has 0 atom stereocenters.